The van der Waals surface area contributed by atoms with E-state index in [1.165, 1.54) is 17.5 Å². The first-order valence-corrected chi connectivity index (χ1v) is 8.66. The van der Waals surface area contributed by atoms with E-state index in [4.69, 9.17) is 9.73 Å². The highest BCUT2D eigenvalue weighted by molar-refractivity contribution is 5.85. The van der Waals surface area contributed by atoms with Crippen LogP contribution in [0.5, 0.6) is 5.75 Å². The summed E-state index contributed by atoms with van der Waals surface area (Å²) in [6.45, 7) is 17.8. The number of hydrogen-bond acceptors (Lipinski definition) is 2. The quantitative estimate of drug-likeness (QED) is 0.616. The molecule has 1 unspecified atom stereocenters. The van der Waals surface area contributed by atoms with Gasteiger partial charge in [0.15, 0.2) is 0 Å². The number of aryl methyl sites for hydroxylation is 1. The van der Waals surface area contributed by atoms with Gasteiger partial charge in [-0.1, -0.05) is 47.6 Å². The van der Waals surface area contributed by atoms with Gasteiger partial charge in [0.2, 0.25) is 0 Å². The minimum atomic E-state index is 0.0534. The predicted molar refractivity (Wildman–Crippen MR) is 102 cm³/mol. The smallest absolute Gasteiger partial charge is 0.131 e. The highest BCUT2D eigenvalue weighted by Gasteiger charge is 2.21. The van der Waals surface area contributed by atoms with Gasteiger partial charge in [0.05, 0.1) is 7.11 Å². The fraction of sp³-hybridized carbons (Fsp3) is 0.667. The molecule has 0 N–H and O–H groups in total. The van der Waals surface area contributed by atoms with Gasteiger partial charge in [-0.15, -0.1) is 0 Å². The van der Waals surface area contributed by atoms with Gasteiger partial charge >= 0.3 is 0 Å². The van der Waals surface area contributed by atoms with Crippen molar-refractivity contribution in [3.8, 4) is 5.75 Å². The van der Waals surface area contributed by atoms with Crippen LogP contribution in [0.3, 0.4) is 0 Å². The minimum absolute atomic E-state index is 0.0534. The highest BCUT2D eigenvalue weighted by Crippen LogP contribution is 2.34. The molecule has 0 spiro atoms. The van der Waals surface area contributed by atoms with Gasteiger partial charge in [-0.2, -0.15) is 0 Å². The van der Waals surface area contributed by atoms with Crippen molar-refractivity contribution < 1.29 is 4.74 Å². The van der Waals surface area contributed by atoms with Crippen LogP contribution in [0.25, 0.3) is 0 Å². The van der Waals surface area contributed by atoms with Crippen LogP contribution in [0.1, 0.15) is 78.0 Å². The van der Waals surface area contributed by atoms with Crippen molar-refractivity contribution in [2.24, 2.45) is 10.4 Å². The minimum Gasteiger partial charge on any atom is -0.496 e. The maximum Gasteiger partial charge on any atom is 0.131 e. The third kappa shape index (κ3) is 6.37. The molecule has 0 aliphatic rings. The van der Waals surface area contributed by atoms with E-state index in [0.29, 0.717) is 11.5 Å². The highest BCUT2D eigenvalue weighted by atomic mass is 16.5. The molecule has 0 amide bonds. The van der Waals surface area contributed by atoms with Crippen molar-refractivity contribution >= 4 is 6.21 Å². The summed E-state index contributed by atoms with van der Waals surface area (Å²) in [5.74, 6) is 0.954. The molecule has 0 aliphatic heterocycles. The number of hydrogen-bond donors (Lipinski definition) is 0. The predicted octanol–water partition coefficient (Wildman–Crippen LogP) is 5.93. The summed E-state index contributed by atoms with van der Waals surface area (Å²) < 4.78 is 5.71. The summed E-state index contributed by atoms with van der Waals surface area (Å²) >= 11 is 0. The van der Waals surface area contributed by atoms with Crippen molar-refractivity contribution in [3.05, 3.63) is 28.8 Å². The number of methoxy groups -OCH3 is 1. The molecule has 0 aromatic heterocycles. The van der Waals surface area contributed by atoms with Crippen LogP contribution in [-0.2, 0) is 5.41 Å². The normalized spacial score (nSPS) is 14.3. The van der Waals surface area contributed by atoms with E-state index in [1.807, 2.05) is 6.21 Å². The zero-order valence-electron chi connectivity index (χ0n) is 16.6. The number of ether oxygens (including phenoxy) is 1. The number of nitrogens with zero attached hydrogens (tertiary/aromatic N) is 1. The topological polar surface area (TPSA) is 21.6 Å². The van der Waals surface area contributed by atoms with Crippen molar-refractivity contribution in [1.29, 1.82) is 0 Å². The molecule has 1 aromatic carbocycles. The van der Waals surface area contributed by atoms with Gasteiger partial charge in [0, 0.05) is 23.4 Å². The van der Waals surface area contributed by atoms with Gasteiger partial charge in [0.1, 0.15) is 5.75 Å². The van der Waals surface area contributed by atoms with Crippen LogP contribution in [0.15, 0.2) is 17.1 Å². The van der Waals surface area contributed by atoms with E-state index in [1.54, 1.807) is 7.11 Å². The average molecular weight is 318 g/mol. The molecule has 0 radical (unpaired) electrons. The molecule has 2 heteroatoms. The molecule has 1 rings (SSSR count). The second-order valence-electron chi connectivity index (χ2n) is 8.91. The van der Waals surface area contributed by atoms with Crippen LogP contribution in [0.4, 0.5) is 0 Å². The summed E-state index contributed by atoms with van der Waals surface area (Å²) in [5.41, 5.74) is 3.99. The standard InChI is InChI=1S/C21H35NO/c1-15-12-17(14-22-16(2)10-11-20(3,4)5)19(23-9)18(13-15)21(6,7)8/h12-14,16H,10-11H2,1-9H3. The van der Waals surface area contributed by atoms with Crippen LogP contribution < -0.4 is 4.74 Å². The molecule has 0 saturated heterocycles. The number of rotatable bonds is 5. The van der Waals surface area contributed by atoms with Gasteiger partial charge in [-0.05, 0) is 49.1 Å². The third-order valence-corrected chi connectivity index (χ3v) is 4.05. The summed E-state index contributed by atoms with van der Waals surface area (Å²) in [6.07, 6.45) is 4.29. The van der Waals surface area contributed by atoms with Crippen LogP contribution in [-0.4, -0.2) is 19.4 Å². The molecule has 130 valence electrons. The molecule has 1 aromatic rings. The molecule has 0 saturated carbocycles. The van der Waals surface area contributed by atoms with Gasteiger partial charge in [-0.3, -0.25) is 4.99 Å². The molecule has 23 heavy (non-hydrogen) atoms. The van der Waals surface area contributed by atoms with Crippen molar-refractivity contribution in [1.82, 2.24) is 0 Å². The summed E-state index contributed by atoms with van der Waals surface area (Å²) in [4.78, 5) is 4.77. The maximum absolute atomic E-state index is 5.71. The molecule has 0 aliphatic carbocycles. The lowest BCUT2D eigenvalue weighted by atomic mass is 9.84. The molecular formula is C21H35NO. The Kier molecular flexibility index (Phi) is 6.44. The van der Waals surface area contributed by atoms with Crippen molar-refractivity contribution in [3.63, 3.8) is 0 Å². The largest absolute Gasteiger partial charge is 0.496 e. The lowest BCUT2D eigenvalue weighted by molar-refractivity contribution is 0.353. The molecule has 2 nitrogen and oxygen atoms in total. The Morgan fingerprint density at radius 2 is 1.74 bits per heavy atom. The van der Waals surface area contributed by atoms with Crippen molar-refractivity contribution in [2.45, 2.75) is 79.7 Å². The Morgan fingerprint density at radius 3 is 2.22 bits per heavy atom. The molecular weight excluding hydrogens is 282 g/mol. The van der Waals surface area contributed by atoms with Crippen molar-refractivity contribution in [2.75, 3.05) is 7.11 Å². The van der Waals surface area contributed by atoms with Crippen LogP contribution >= 0.6 is 0 Å². The van der Waals surface area contributed by atoms with Crippen LogP contribution in [0, 0.1) is 12.3 Å². The van der Waals surface area contributed by atoms with E-state index in [9.17, 15) is 0 Å². The Hall–Kier alpha value is -1.31. The summed E-state index contributed by atoms with van der Waals surface area (Å²) in [6, 6.07) is 4.71. The fourth-order valence-electron chi connectivity index (χ4n) is 2.61. The average Bonchev–Trinajstić information content (AvgIpc) is 2.40. The SMILES string of the molecule is COc1c(C=NC(C)CCC(C)(C)C)cc(C)cc1C(C)(C)C. The van der Waals surface area contributed by atoms with E-state index in [0.717, 1.165) is 17.7 Å². The first-order chi connectivity index (χ1) is 10.4. The maximum atomic E-state index is 5.71. The number of benzene rings is 1. The lowest BCUT2D eigenvalue weighted by Crippen LogP contribution is -2.14. The van der Waals surface area contributed by atoms with Crippen LogP contribution in [0.2, 0.25) is 0 Å². The molecule has 1 atom stereocenters. The van der Waals surface area contributed by atoms with E-state index >= 15 is 0 Å². The Morgan fingerprint density at radius 1 is 1.13 bits per heavy atom. The first kappa shape index (κ1) is 19.7. The monoisotopic (exact) mass is 317 g/mol. The second-order valence-corrected chi connectivity index (χ2v) is 8.91. The lowest BCUT2D eigenvalue weighted by Gasteiger charge is -2.24. The van der Waals surface area contributed by atoms with Gasteiger partial charge in [0.25, 0.3) is 0 Å². The summed E-state index contributed by atoms with van der Waals surface area (Å²) in [7, 11) is 1.75. The van der Waals surface area contributed by atoms with Gasteiger partial charge in [-0.25, -0.2) is 0 Å². The third-order valence-electron chi connectivity index (χ3n) is 4.05. The van der Waals surface area contributed by atoms with E-state index in [-0.39, 0.29) is 5.41 Å². The molecule has 0 bridgehead atoms. The molecule has 0 heterocycles. The number of aliphatic imine (C=N–C) groups is 1. The van der Waals surface area contributed by atoms with E-state index in [2.05, 4.69) is 67.5 Å². The Bertz CT molecular complexity index is 544. The second kappa shape index (κ2) is 7.51. The van der Waals surface area contributed by atoms with E-state index < -0.39 is 0 Å². The molecule has 0 fully saturated rings. The van der Waals surface area contributed by atoms with Gasteiger partial charge < -0.3 is 4.74 Å². The zero-order valence-corrected chi connectivity index (χ0v) is 16.6. The Balaban J connectivity index is 3.04. The first-order valence-electron chi connectivity index (χ1n) is 8.66. The zero-order chi connectivity index (χ0) is 17.8. The fourth-order valence-corrected chi connectivity index (χ4v) is 2.61. The Labute approximate surface area is 143 Å². The summed E-state index contributed by atoms with van der Waals surface area (Å²) in [5, 5.41) is 0.